The molecule has 0 spiro atoms. The lowest BCUT2D eigenvalue weighted by atomic mass is 9.84. The molecule has 0 aromatic heterocycles. The smallest absolute Gasteiger partial charge is 0.0388 e. The zero-order chi connectivity index (χ0) is 8.10. The van der Waals surface area contributed by atoms with Crippen molar-refractivity contribution < 1.29 is 0 Å². The molecule has 1 radical (unpaired) electrons. The molecule has 0 aromatic rings. The number of rotatable bonds is 1. The Morgan fingerprint density at radius 2 is 1.45 bits per heavy atom. The first kappa shape index (κ1) is 9.09. The first-order valence-corrected chi connectivity index (χ1v) is 5.14. The van der Waals surface area contributed by atoms with Crippen LogP contribution in [0.2, 0.25) is 0 Å². The van der Waals surface area contributed by atoms with Gasteiger partial charge in [-0.25, -0.2) is 0 Å². The van der Waals surface area contributed by atoms with Gasteiger partial charge in [-0.15, -0.1) is 0 Å². The van der Waals surface area contributed by atoms with E-state index in [-0.39, 0.29) is 0 Å². The van der Waals surface area contributed by atoms with E-state index >= 15 is 0 Å². The molecule has 1 aliphatic carbocycles. The van der Waals surface area contributed by atoms with Gasteiger partial charge >= 0.3 is 0 Å². The summed E-state index contributed by atoms with van der Waals surface area (Å²) in [4.78, 5) is 0. The second kappa shape index (κ2) is 4.79. The van der Waals surface area contributed by atoms with E-state index in [4.69, 9.17) is 0 Å². The minimum absolute atomic E-state index is 0.674. The van der Waals surface area contributed by atoms with E-state index in [0.717, 1.165) is 5.92 Å². The third-order valence-electron chi connectivity index (χ3n) is 2.95. The summed E-state index contributed by atoms with van der Waals surface area (Å²) < 4.78 is 0. The van der Waals surface area contributed by atoms with E-state index in [1.54, 1.807) is 0 Å². The van der Waals surface area contributed by atoms with E-state index in [1.165, 1.54) is 44.9 Å². The van der Waals surface area contributed by atoms with Gasteiger partial charge in [-0.05, 0) is 11.8 Å². The van der Waals surface area contributed by atoms with E-state index in [9.17, 15) is 0 Å². The van der Waals surface area contributed by atoms with Crippen molar-refractivity contribution in [3.8, 4) is 0 Å². The van der Waals surface area contributed by atoms with Crippen LogP contribution < -0.4 is 0 Å². The Balaban J connectivity index is 2.26. The highest BCUT2D eigenvalue weighted by atomic mass is 14.2. The highest BCUT2D eigenvalue weighted by Crippen LogP contribution is 2.27. The summed E-state index contributed by atoms with van der Waals surface area (Å²) in [6.07, 6.45) is 10.2. The van der Waals surface area contributed by atoms with Crippen LogP contribution in [-0.4, -0.2) is 0 Å². The molecule has 0 amide bonds. The van der Waals surface area contributed by atoms with Gasteiger partial charge in [0.05, 0.1) is 0 Å². The van der Waals surface area contributed by atoms with Gasteiger partial charge in [-0.2, -0.15) is 0 Å². The lowest BCUT2D eigenvalue weighted by Gasteiger charge is -2.22. The Morgan fingerprint density at radius 1 is 1.00 bits per heavy atom. The molecule has 1 aliphatic rings. The molecule has 0 saturated heterocycles. The fourth-order valence-electron chi connectivity index (χ4n) is 2.06. The largest absolute Gasteiger partial charge is 0.0622 e. The first-order chi connectivity index (χ1) is 5.30. The summed E-state index contributed by atoms with van der Waals surface area (Å²) in [5, 5.41) is 0. The summed E-state index contributed by atoms with van der Waals surface area (Å²) in [5.41, 5.74) is 0. The Hall–Kier alpha value is 0. The number of hydrogen-bond acceptors (Lipinski definition) is 0. The lowest BCUT2D eigenvalue weighted by Crippen LogP contribution is -2.10. The second-order valence-corrected chi connectivity index (χ2v) is 4.08. The molecule has 11 heavy (non-hydrogen) atoms. The summed E-state index contributed by atoms with van der Waals surface area (Å²) in [7, 11) is 0. The number of hydrogen-bond donors (Lipinski definition) is 0. The zero-order valence-corrected chi connectivity index (χ0v) is 7.81. The molecule has 1 unspecified atom stereocenters. The topological polar surface area (TPSA) is 0 Å². The fourth-order valence-corrected chi connectivity index (χ4v) is 2.06. The van der Waals surface area contributed by atoms with Crippen LogP contribution in [0, 0.1) is 18.8 Å². The van der Waals surface area contributed by atoms with Gasteiger partial charge in [0.2, 0.25) is 0 Å². The van der Waals surface area contributed by atoms with Crippen LogP contribution >= 0.6 is 0 Å². The SMILES string of the molecule is [CH2]C(C)C1CCCCCCC1. The van der Waals surface area contributed by atoms with Crippen molar-refractivity contribution in [3.63, 3.8) is 0 Å². The van der Waals surface area contributed by atoms with Gasteiger partial charge in [0, 0.05) is 0 Å². The first-order valence-electron chi connectivity index (χ1n) is 5.14. The quantitative estimate of drug-likeness (QED) is 0.537. The average Bonchev–Trinajstić information content (AvgIpc) is 1.84. The molecule has 1 atom stereocenters. The van der Waals surface area contributed by atoms with Crippen LogP contribution in [0.5, 0.6) is 0 Å². The van der Waals surface area contributed by atoms with Gasteiger partial charge in [-0.3, -0.25) is 0 Å². The normalized spacial score (nSPS) is 23.2. The fraction of sp³-hybridized carbons (Fsp3) is 0.909. The van der Waals surface area contributed by atoms with Crippen molar-refractivity contribution in [1.29, 1.82) is 0 Å². The third-order valence-corrected chi connectivity index (χ3v) is 2.95. The molecule has 0 nitrogen and oxygen atoms in total. The van der Waals surface area contributed by atoms with Crippen LogP contribution in [0.3, 0.4) is 0 Å². The Morgan fingerprint density at radius 3 is 1.91 bits per heavy atom. The second-order valence-electron chi connectivity index (χ2n) is 4.08. The summed E-state index contributed by atoms with van der Waals surface area (Å²) in [6, 6.07) is 0. The lowest BCUT2D eigenvalue weighted by molar-refractivity contribution is 0.317. The highest BCUT2D eigenvalue weighted by Gasteiger charge is 2.13. The van der Waals surface area contributed by atoms with Gasteiger partial charge < -0.3 is 0 Å². The molecule has 0 bridgehead atoms. The summed E-state index contributed by atoms with van der Waals surface area (Å²) in [5.74, 6) is 1.60. The minimum Gasteiger partial charge on any atom is -0.0622 e. The standard InChI is InChI=1S/C11H21/c1-10(2)11-8-6-4-3-5-7-9-11/h10-11H,1,3-9H2,2H3. The van der Waals surface area contributed by atoms with E-state index < -0.39 is 0 Å². The average molecular weight is 153 g/mol. The van der Waals surface area contributed by atoms with Crippen molar-refractivity contribution in [1.82, 2.24) is 0 Å². The van der Waals surface area contributed by atoms with Crippen molar-refractivity contribution in [2.45, 2.75) is 51.9 Å². The van der Waals surface area contributed by atoms with Gasteiger partial charge in [0.25, 0.3) is 0 Å². The maximum atomic E-state index is 4.13. The van der Waals surface area contributed by atoms with E-state index in [0.29, 0.717) is 5.92 Å². The molecule has 1 fully saturated rings. The zero-order valence-electron chi connectivity index (χ0n) is 7.81. The molecule has 1 saturated carbocycles. The predicted molar refractivity (Wildman–Crippen MR) is 50.3 cm³/mol. The van der Waals surface area contributed by atoms with Crippen LogP contribution in [0.25, 0.3) is 0 Å². The predicted octanol–water partition coefficient (Wildman–Crippen LogP) is 3.82. The van der Waals surface area contributed by atoms with Crippen LogP contribution in [0.1, 0.15) is 51.9 Å². The maximum absolute atomic E-state index is 4.13. The summed E-state index contributed by atoms with van der Waals surface area (Å²) in [6.45, 7) is 6.40. The molecule has 0 heterocycles. The molecular weight excluding hydrogens is 132 g/mol. The van der Waals surface area contributed by atoms with E-state index in [1.807, 2.05) is 0 Å². The van der Waals surface area contributed by atoms with Gasteiger partial charge in [0.1, 0.15) is 0 Å². The Labute approximate surface area is 71.4 Å². The molecule has 65 valence electrons. The molecule has 0 N–H and O–H groups in total. The molecule has 0 aliphatic heterocycles. The third kappa shape index (κ3) is 3.27. The van der Waals surface area contributed by atoms with Crippen molar-refractivity contribution in [2.75, 3.05) is 0 Å². The highest BCUT2D eigenvalue weighted by molar-refractivity contribution is 4.70. The molecule has 0 heteroatoms. The van der Waals surface area contributed by atoms with Crippen molar-refractivity contribution in [2.24, 2.45) is 11.8 Å². The summed E-state index contributed by atoms with van der Waals surface area (Å²) >= 11 is 0. The molecule has 0 aromatic carbocycles. The van der Waals surface area contributed by atoms with E-state index in [2.05, 4.69) is 13.8 Å². The maximum Gasteiger partial charge on any atom is -0.0388 e. The molecular formula is C11H21. The molecule has 1 rings (SSSR count). The van der Waals surface area contributed by atoms with Crippen LogP contribution in [-0.2, 0) is 0 Å². The Kier molecular flexibility index (Phi) is 3.96. The monoisotopic (exact) mass is 153 g/mol. The van der Waals surface area contributed by atoms with Crippen molar-refractivity contribution in [3.05, 3.63) is 6.92 Å². The Bertz CT molecular complexity index is 86.2. The van der Waals surface area contributed by atoms with Crippen molar-refractivity contribution >= 4 is 0 Å². The van der Waals surface area contributed by atoms with Crippen LogP contribution in [0.4, 0.5) is 0 Å². The minimum atomic E-state index is 0.674. The van der Waals surface area contributed by atoms with Gasteiger partial charge in [-0.1, -0.05) is 58.8 Å². The van der Waals surface area contributed by atoms with Gasteiger partial charge in [0.15, 0.2) is 0 Å². The van der Waals surface area contributed by atoms with Crippen LogP contribution in [0.15, 0.2) is 0 Å².